The van der Waals surface area contributed by atoms with Crippen molar-refractivity contribution in [2.24, 2.45) is 0 Å². The molecule has 29 heavy (non-hydrogen) atoms. The van der Waals surface area contributed by atoms with Gasteiger partial charge in [-0.2, -0.15) is 10.1 Å². The van der Waals surface area contributed by atoms with E-state index in [-0.39, 0.29) is 17.2 Å². The maximum Gasteiger partial charge on any atom is 0.263 e. The molecule has 1 N–H and O–H groups in total. The van der Waals surface area contributed by atoms with Crippen molar-refractivity contribution >= 4 is 17.0 Å². The lowest BCUT2D eigenvalue weighted by atomic mass is 10.1. The Morgan fingerprint density at radius 3 is 2.59 bits per heavy atom. The molecular weight excluding hydrogens is 366 g/mol. The molecule has 1 aromatic carbocycles. The van der Waals surface area contributed by atoms with Crippen LogP contribution in [0, 0.1) is 13.8 Å². The first-order valence-corrected chi connectivity index (χ1v) is 10.2. The SMILES string of the molecule is Cc1ccc(C)c(OC2CCN(c3nc4c(cnn4C(C)(C)C)c(=O)[nH]3)CC2)c1. The fourth-order valence-electron chi connectivity index (χ4n) is 3.75. The van der Waals surface area contributed by atoms with Crippen LogP contribution in [0.5, 0.6) is 5.75 Å². The number of aromatic nitrogens is 4. The minimum Gasteiger partial charge on any atom is -0.490 e. The zero-order valence-corrected chi connectivity index (χ0v) is 17.8. The number of H-pyrrole nitrogens is 1. The summed E-state index contributed by atoms with van der Waals surface area (Å²) in [5.74, 6) is 1.57. The van der Waals surface area contributed by atoms with Crippen molar-refractivity contribution < 1.29 is 4.74 Å². The van der Waals surface area contributed by atoms with Crippen molar-refractivity contribution in [3.63, 3.8) is 0 Å². The normalized spacial score (nSPS) is 15.8. The lowest BCUT2D eigenvalue weighted by Crippen LogP contribution is -2.40. The monoisotopic (exact) mass is 395 g/mol. The highest BCUT2D eigenvalue weighted by atomic mass is 16.5. The van der Waals surface area contributed by atoms with Gasteiger partial charge in [0.05, 0.1) is 11.7 Å². The summed E-state index contributed by atoms with van der Waals surface area (Å²) in [7, 11) is 0. The highest BCUT2D eigenvalue weighted by molar-refractivity contribution is 5.74. The van der Waals surface area contributed by atoms with Crippen molar-refractivity contribution in [3.8, 4) is 5.75 Å². The number of aromatic amines is 1. The molecule has 0 unspecified atom stereocenters. The van der Waals surface area contributed by atoms with E-state index in [0.29, 0.717) is 17.0 Å². The van der Waals surface area contributed by atoms with Crippen LogP contribution in [0.25, 0.3) is 11.0 Å². The van der Waals surface area contributed by atoms with Crippen LogP contribution in [0.4, 0.5) is 5.95 Å². The van der Waals surface area contributed by atoms with Gasteiger partial charge in [0, 0.05) is 25.9 Å². The largest absolute Gasteiger partial charge is 0.490 e. The summed E-state index contributed by atoms with van der Waals surface area (Å²) >= 11 is 0. The molecule has 3 heterocycles. The first-order valence-electron chi connectivity index (χ1n) is 10.2. The molecule has 1 aliphatic heterocycles. The van der Waals surface area contributed by atoms with Crippen molar-refractivity contribution in [2.75, 3.05) is 18.0 Å². The molecule has 0 spiro atoms. The van der Waals surface area contributed by atoms with Crippen LogP contribution in [0.2, 0.25) is 0 Å². The highest BCUT2D eigenvalue weighted by Crippen LogP contribution is 2.26. The molecule has 0 atom stereocenters. The van der Waals surface area contributed by atoms with Gasteiger partial charge in [-0.25, -0.2) is 4.68 Å². The molecule has 1 saturated heterocycles. The Kier molecular flexibility index (Phi) is 4.84. The molecule has 7 heteroatoms. The van der Waals surface area contributed by atoms with Gasteiger partial charge in [-0.15, -0.1) is 0 Å². The molecule has 1 fully saturated rings. The maximum absolute atomic E-state index is 12.6. The number of benzene rings is 1. The van der Waals surface area contributed by atoms with Crippen molar-refractivity contribution in [2.45, 2.75) is 59.1 Å². The summed E-state index contributed by atoms with van der Waals surface area (Å²) in [6.45, 7) is 11.9. The summed E-state index contributed by atoms with van der Waals surface area (Å²) in [4.78, 5) is 22.4. The molecule has 4 rings (SSSR count). The predicted octanol–water partition coefficient (Wildman–Crippen LogP) is 3.54. The Balaban J connectivity index is 1.52. The molecule has 0 aliphatic carbocycles. The molecule has 1 aliphatic rings. The van der Waals surface area contributed by atoms with Crippen molar-refractivity contribution in [3.05, 3.63) is 45.9 Å². The third kappa shape index (κ3) is 3.86. The standard InChI is InChI=1S/C22H29N5O2/c1-14-6-7-15(2)18(12-14)29-16-8-10-26(11-9-16)21-24-19-17(20(28)25-21)13-23-27(19)22(3,4)5/h6-7,12-13,16H,8-11H2,1-5H3,(H,24,25,28). The fourth-order valence-corrected chi connectivity index (χ4v) is 3.75. The predicted molar refractivity (Wildman–Crippen MR) is 115 cm³/mol. The van der Waals surface area contributed by atoms with Gasteiger partial charge >= 0.3 is 0 Å². The Hall–Kier alpha value is -2.83. The number of fused-ring (bicyclic) bond motifs is 1. The van der Waals surface area contributed by atoms with Crippen LogP contribution < -0.4 is 15.2 Å². The van der Waals surface area contributed by atoms with Gasteiger partial charge in [-0.05, 0) is 51.8 Å². The van der Waals surface area contributed by atoms with E-state index in [1.54, 1.807) is 6.20 Å². The molecule has 3 aromatic rings. The second-order valence-electron chi connectivity index (χ2n) is 8.93. The minimum atomic E-state index is -0.244. The lowest BCUT2D eigenvalue weighted by Gasteiger charge is -2.33. The number of rotatable bonds is 3. The van der Waals surface area contributed by atoms with Gasteiger partial charge in [-0.3, -0.25) is 9.78 Å². The number of anilines is 1. The average molecular weight is 396 g/mol. The van der Waals surface area contributed by atoms with Crippen LogP contribution in [0.15, 0.2) is 29.2 Å². The Morgan fingerprint density at radius 2 is 1.90 bits per heavy atom. The summed E-state index contributed by atoms with van der Waals surface area (Å²) in [5.41, 5.74) is 2.60. The summed E-state index contributed by atoms with van der Waals surface area (Å²) in [5, 5.41) is 4.91. The van der Waals surface area contributed by atoms with Gasteiger partial charge in [-0.1, -0.05) is 12.1 Å². The molecular formula is C22H29N5O2. The fraction of sp³-hybridized carbons (Fsp3) is 0.500. The number of ether oxygens (including phenoxy) is 1. The van der Waals surface area contributed by atoms with Crippen LogP contribution in [0.1, 0.15) is 44.7 Å². The smallest absolute Gasteiger partial charge is 0.263 e. The van der Waals surface area contributed by atoms with Gasteiger partial charge < -0.3 is 9.64 Å². The quantitative estimate of drug-likeness (QED) is 0.734. The zero-order chi connectivity index (χ0) is 20.8. The Labute approximate surface area is 170 Å². The van der Waals surface area contributed by atoms with E-state index >= 15 is 0 Å². The number of nitrogens with one attached hydrogen (secondary N) is 1. The first kappa shape index (κ1) is 19.5. The maximum atomic E-state index is 12.6. The van der Waals surface area contributed by atoms with Crippen LogP contribution in [0.3, 0.4) is 0 Å². The van der Waals surface area contributed by atoms with E-state index in [9.17, 15) is 4.79 Å². The average Bonchev–Trinajstić information content (AvgIpc) is 3.10. The highest BCUT2D eigenvalue weighted by Gasteiger charge is 2.25. The van der Waals surface area contributed by atoms with E-state index in [1.165, 1.54) is 5.56 Å². The lowest BCUT2D eigenvalue weighted by molar-refractivity contribution is 0.169. The molecule has 0 bridgehead atoms. The molecule has 0 saturated carbocycles. The molecule has 7 nitrogen and oxygen atoms in total. The summed E-state index contributed by atoms with van der Waals surface area (Å²) in [6, 6.07) is 6.30. The summed E-state index contributed by atoms with van der Waals surface area (Å²) in [6.07, 6.45) is 3.53. The first-order chi connectivity index (χ1) is 13.7. The molecule has 154 valence electrons. The van der Waals surface area contributed by atoms with Gasteiger partial charge in [0.1, 0.15) is 17.2 Å². The number of hydrogen-bond acceptors (Lipinski definition) is 5. The van der Waals surface area contributed by atoms with E-state index in [2.05, 4.69) is 67.8 Å². The van der Waals surface area contributed by atoms with E-state index in [0.717, 1.165) is 37.2 Å². The van der Waals surface area contributed by atoms with Crippen LogP contribution in [-0.2, 0) is 5.54 Å². The second-order valence-corrected chi connectivity index (χ2v) is 8.93. The van der Waals surface area contributed by atoms with E-state index < -0.39 is 0 Å². The minimum absolute atomic E-state index is 0.144. The molecule has 0 amide bonds. The van der Waals surface area contributed by atoms with E-state index in [1.807, 2.05) is 4.68 Å². The van der Waals surface area contributed by atoms with Crippen LogP contribution in [-0.4, -0.2) is 38.9 Å². The van der Waals surface area contributed by atoms with Crippen LogP contribution >= 0.6 is 0 Å². The van der Waals surface area contributed by atoms with Crippen molar-refractivity contribution in [1.82, 2.24) is 19.7 Å². The third-order valence-electron chi connectivity index (χ3n) is 5.44. The topological polar surface area (TPSA) is 76.0 Å². The van der Waals surface area contributed by atoms with Gasteiger partial charge in [0.25, 0.3) is 5.56 Å². The second kappa shape index (κ2) is 7.21. The number of aryl methyl sites for hydroxylation is 2. The van der Waals surface area contributed by atoms with Crippen molar-refractivity contribution in [1.29, 1.82) is 0 Å². The molecule has 0 radical (unpaired) electrons. The number of hydrogen-bond donors (Lipinski definition) is 1. The van der Waals surface area contributed by atoms with E-state index in [4.69, 9.17) is 9.72 Å². The third-order valence-corrected chi connectivity index (χ3v) is 5.44. The van der Waals surface area contributed by atoms with Gasteiger partial charge in [0.2, 0.25) is 5.95 Å². The number of piperidine rings is 1. The zero-order valence-electron chi connectivity index (χ0n) is 17.8. The van der Waals surface area contributed by atoms with Gasteiger partial charge in [0.15, 0.2) is 5.65 Å². The Morgan fingerprint density at radius 1 is 1.17 bits per heavy atom. The summed E-state index contributed by atoms with van der Waals surface area (Å²) < 4.78 is 8.08. The molecule has 2 aromatic heterocycles. The Bertz CT molecular complexity index is 1080. The number of nitrogens with zero attached hydrogens (tertiary/aromatic N) is 4.